The predicted octanol–water partition coefficient (Wildman–Crippen LogP) is 2.73. The van der Waals surface area contributed by atoms with Gasteiger partial charge in [0.1, 0.15) is 5.82 Å². The van der Waals surface area contributed by atoms with E-state index in [2.05, 4.69) is 10.3 Å². The number of nitrogens with one attached hydrogen (secondary N) is 2. The van der Waals surface area contributed by atoms with Gasteiger partial charge in [-0.15, -0.1) is 0 Å². The van der Waals surface area contributed by atoms with Gasteiger partial charge in [-0.3, -0.25) is 9.59 Å². The summed E-state index contributed by atoms with van der Waals surface area (Å²) in [6, 6.07) is 11.3. The highest BCUT2D eigenvalue weighted by atomic mass is 32.2. The van der Waals surface area contributed by atoms with Gasteiger partial charge in [-0.1, -0.05) is 26.0 Å². The fourth-order valence-electron chi connectivity index (χ4n) is 3.89. The van der Waals surface area contributed by atoms with Crippen molar-refractivity contribution in [3.63, 3.8) is 0 Å². The van der Waals surface area contributed by atoms with Crippen LogP contribution < -0.4 is 10.9 Å². The first kappa shape index (κ1) is 25.5. The van der Waals surface area contributed by atoms with E-state index < -0.39 is 21.5 Å². The van der Waals surface area contributed by atoms with E-state index in [0.29, 0.717) is 29.6 Å². The summed E-state index contributed by atoms with van der Waals surface area (Å²) in [4.78, 5) is 29.8. The van der Waals surface area contributed by atoms with Crippen LogP contribution in [0.1, 0.15) is 35.8 Å². The minimum atomic E-state index is -3.75. The number of nitrogens with zero attached hydrogens (tertiary/aromatic N) is 2. The Morgan fingerprint density at radius 1 is 1.09 bits per heavy atom. The molecule has 10 heteroatoms. The summed E-state index contributed by atoms with van der Waals surface area (Å²) in [5.74, 6) is -0.907. The van der Waals surface area contributed by atoms with E-state index in [1.54, 1.807) is 26.0 Å². The average Bonchev–Trinajstić information content (AvgIpc) is 2.78. The second kappa shape index (κ2) is 10.5. The molecule has 0 fully saturated rings. The van der Waals surface area contributed by atoms with Gasteiger partial charge >= 0.3 is 0 Å². The Morgan fingerprint density at radius 2 is 1.79 bits per heavy atom. The third-order valence-corrected chi connectivity index (χ3v) is 7.76. The molecule has 0 saturated heterocycles. The Labute approximate surface area is 198 Å². The summed E-state index contributed by atoms with van der Waals surface area (Å²) >= 11 is 0. The van der Waals surface area contributed by atoms with Crippen molar-refractivity contribution in [1.82, 2.24) is 19.5 Å². The first-order valence-electron chi connectivity index (χ1n) is 11.0. The number of halogens is 1. The number of H-pyrrole nitrogens is 1. The molecule has 1 unspecified atom stereocenters. The summed E-state index contributed by atoms with van der Waals surface area (Å²) in [6.45, 7) is 4.27. The summed E-state index contributed by atoms with van der Waals surface area (Å²) in [6.07, 6.45) is 0. The Balaban J connectivity index is 1.98. The Hall–Kier alpha value is -3.08. The number of pyridine rings is 1. The first-order chi connectivity index (χ1) is 16.1. The molecule has 1 heterocycles. The van der Waals surface area contributed by atoms with E-state index in [4.69, 9.17) is 0 Å². The number of rotatable bonds is 9. The standard InChI is InChI=1S/C24H29FN4O4S/c1-5-29(6-2)34(32,33)18-10-11-21-19(13-18)20(14-23(30)27-21)24(31)26-15-22(28(3)4)16-8-7-9-17(25)12-16/h7-14,22H,5-6,15H2,1-4H3,(H,26,31)(H,27,30). The van der Waals surface area contributed by atoms with Crippen molar-refractivity contribution in [2.45, 2.75) is 24.8 Å². The van der Waals surface area contributed by atoms with Gasteiger partial charge in [0, 0.05) is 36.6 Å². The molecule has 0 aliphatic rings. The molecule has 0 radical (unpaired) electrons. The van der Waals surface area contributed by atoms with Crippen LogP contribution in [0.15, 0.2) is 58.2 Å². The molecule has 0 saturated carbocycles. The Morgan fingerprint density at radius 3 is 2.41 bits per heavy atom. The van der Waals surface area contributed by atoms with Crippen LogP contribution in [-0.4, -0.2) is 62.2 Å². The van der Waals surface area contributed by atoms with Gasteiger partial charge < -0.3 is 15.2 Å². The van der Waals surface area contributed by atoms with Gasteiger partial charge in [-0.25, -0.2) is 12.8 Å². The summed E-state index contributed by atoms with van der Waals surface area (Å²) in [5.41, 5.74) is 0.623. The van der Waals surface area contributed by atoms with Gasteiger partial charge in [0.25, 0.3) is 5.91 Å². The number of fused-ring (bicyclic) bond motifs is 1. The minimum absolute atomic E-state index is 0.0377. The number of aromatic amines is 1. The maximum absolute atomic E-state index is 13.7. The van der Waals surface area contributed by atoms with Crippen molar-refractivity contribution >= 4 is 26.8 Å². The lowest BCUT2D eigenvalue weighted by Gasteiger charge is -2.25. The molecular weight excluding hydrogens is 459 g/mol. The monoisotopic (exact) mass is 488 g/mol. The molecule has 182 valence electrons. The summed E-state index contributed by atoms with van der Waals surface area (Å²) < 4.78 is 41.0. The fraction of sp³-hybridized carbons (Fsp3) is 0.333. The number of carbonyl (C=O) groups is 1. The number of carbonyl (C=O) groups excluding carboxylic acids is 1. The predicted molar refractivity (Wildman–Crippen MR) is 130 cm³/mol. The average molecular weight is 489 g/mol. The van der Waals surface area contributed by atoms with E-state index in [-0.39, 0.29) is 28.9 Å². The SMILES string of the molecule is CCN(CC)S(=O)(=O)c1ccc2[nH]c(=O)cc(C(=O)NCC(c3cccc(F)c3)N(C)C)c2c1. The van der Waals surface area contributed by atoms with Gasteiger partial charge in [-0.05, 0) is 50.0 Å². The number of amides is 1. The zero-order chi connectivity index (χ0) is 25.0. The zero-order valence-electron chi connectivity index (χ0n) is 19.6. The van der Waals surface area contributed by atoms with E-state index in [1.807, 2.05) is 19.0 Å². The van der Waals surface area contributed by atoms with Crippen molar-refractivity contribution < 1.29 is 17.6 Å². The van der Waals surface area contributed by atoms with Gasteiger partial charge in [-0.2, -0.15) is 4.31 Å². The largest absolute Gasteiger partial charge is 0.350 e. The highest BCUT2D eigenvalue weighted by Crippen LogP contribution is 2.23. The summed E-state index contributed by atoms with van der Waals surface area (Å²) in [7, 11) is -0.127. The molecule has 8 nitrogen and oxygen atoms in total. The first-order valence-corrected chi connectivity index (χ1v) is 12.4. The molecule has 0 aliphatic carbocycles. The molecule has 0 bridgehead atoms. The Bertz CT molecular complexity index is 1350. The van der Waals surface area contributed by atoms with Crippen molar-refractivity contribution in [3.05, 3.63) is 75.8 Å². The molecule has 3 rings (SSSR count). The number of sulfonamides is 1. The second-order valence-corrected chi connectivity index (χ2v) is 10.0. The van der Waals surface area contributed by atoms with Crippen LogP contribution >= 0.6 is 0 Å². The molecule has 1 amide bonds. The lowest BCUT2D eigenvalue weighted by molar-refractivity contribution is 0.0943. The van der Waals surface area contributed by atoms with Crippen LogP contribution in [0.3, 0.4) is 0 Å². The normalized spacial score (nSPS) is 12.9. The van der Waals surface area contributed by atoms with Crippen molar-refractivity contribution in [2.75, 3.05) is 33.7 Å². The van der Waals surface area contributed by atoms with E-state index in [9.17, 15) is 22.4 Å². The Kier molecular flexibility index (Phi) is 7.86. The molecule has 3 aromatic rings. The fourth-order valence-corrected chi connectivity index (χ4v) is 5.38. The molecule has 1 atom stereocenters. The third kappa shape index (κ3) is 5.35. The molecular formula is C24H29FN4O4S. The van der Waals surface area contributed by atoms with E-state index in [1.165, 1.54) is 34.6 Å². The van der Waals surface area contributed by atoms with Gasteiger partial charge in [0.05, 0.1) is 16.5 Å². The molecule has 2 aromatic carbocycles. The van der Waals surface area contributed by atoms with Crippen molar-refractivity contribution in [3.8, 4) is 0 Å². The van der Waals surface area contributed by atoms with Gasteiger partial charge in [0.15, 0.2) is 0 Å². The minimum Gasteiger partial charge on any atom is -0.350 e. The third-order valence-electron chi connectivity index (χ3n) is 5.72. The number of hydrogen-bond acceptors (Lipinski definition) is 5. The second-order valence-electron chi connectivity index (χ2n) is 8.09. The number of aromatic nitrogens is 1. The van der Waals surface area contributed by atoms with Crippen molar-refractivity contribution in [1.29, 1.82) is 0 Å². The maximum atomic E-state index is 13.7. The smallest absolute Gasteiger partial charge is 0.252 e. The molecule has 0 aliphatic heterocycles. The van der Waals surface area contributed by atoms with E-state index in [0.717, 1.165) is 6.07 Å². The maximum Gasteiger partial charge on any atom is 0.252 e. The van der Waals surface area contributed by atoms with Crippen LogP contribution in [-0.2, 0) is 10.0 Å². The molecule has 1 aromatic heterocycles. The van der Waals surface area contributed by atoms with Gasteiger partial charge in [0.2, 0.25) is 15.6 Å². The summed E-state index contributed by atoms with van der Waals surface area (Å²) in [5, 5.41) is 3.12. The molecule has 2 N–H and O–H groups in total. The lowest BCUT2D eigenvalue weighted by Crippen LogP contribution is -2.35. The highest BCUT2D eigenvalue weighted by molar-refractivity contribution is 7.89. The van der Waals surface area contributed by atoms with Crippen LogP contribution in [0, 0.1) is 5.82 Å². The highest BCUT2D eigenvalue weighted by Gasteiger charge is 2.23. The van der Waals surface area contributed by atoms with Crippen LogP contribution in [0.25, 0.3) is 10.9 Å². The quantitative estimate of drug-likeness (QED) is 0.482. The number of hydrogen-bond donors (Lipinski definition) is 2. The topological polar surface area (TPSA) is 103 Å². The molecule has 0 spiro atoms. The van der Waals surface area contributed by atoms with Crippen LogP contribution in [0.5, 0.6) is 0 Å². The number of benzene rings is 2. The zero-order valence-corrected chi connectivity index (χ0v) is 20.4. The lowest BCUT2D eigenvalue weighted by atomic mass is 10.0. The van der Waals surface area contributed by atoms with Crippen LogP contribution in [0.2, 0.25) is 0 Å². The van der Waals surface area contributed by atoms with Crippen molar-refractivity contribution in [2.24, 2.45) is 0 Å². The number of likely N-dealkylation sites (N-methyl/N-ethyl adjacent to an activating group) is 1. The molecule has 34 heavy (non-hydrogen) atoms. The van der Waals surface area contributed by atoms with E-state index >= 15 is 0 Å². The van der Waals surface area contributed by atoms with Crippen LogP contribution in [0.4, 0.5) is 4.39 Å².